The van der Waals surface area contributed by atoms with Crippen LogP contribution in [0.3, 0.4) is 0 Å². The molecule has 3 rings (SSSR count). The Labute approximate surface area is 116 Å². The van der Waals surface area contributed by atoms with E-state index in [1.165, 1.54) is 0 Å². The van der Waals surface area contributed by atoms with Crippen LogP contribution in [0.15, 0.2) is 27.2 Å². The maximum Gasteiger partial charge on any atom is 0.283 e. The van der Waals surface area contributed by atoms with Crippen LogP contribution in [-0.2, 0) is 11.3 Å². The molecule has 1 fully saturated rings. The highest BCUT2D eigenvalue weighted by Gasteiger charge is 2.27. The van der Waals surface area contributed by atoms with Crippen molar-refractivity contribution in [3.8, 4) is 11.7 Å². The third-order valence-corrected chi connectivity index (χ3v) is 3.38. The summed E-state index contributed by atoms with van der Waals surface area (Å²) in [6.07, 6.45) is 1.41. The summed E-state index contributed by atoms with van der Waals surface area (Å²) in [4.78, 5) is 2.16. The lowest BCUT2D eigenvalue weighted by Crippen LogP contribution is -2.48. The van der Waals surface area contributed by atoms with Crippen molar-refractivity contribution in [3.05, 3.63) is 24.3 Å². The molecule has 0 radical (unpaired) electrons. The summed E-state index contributed by atoms with van der Waals surface area (Å²) in [6.45, 7) is 3.86. The van der Waals surface area contributed by atoms with Gasteiger partial charge in [0, 0.05) is 12.6 Å². The Morgan fingerprint density at radius 2 is 2.35 bits per heavy atom. The molecular formula is C13H17N3O4. The molecule has 0 amide bonds. The molecule has 1 N–H and O–H groups in total. The largest absolute Gasteiger partial charge is 0.459 e. The number of morpholine rings is 1. The summed E-state index contributed by atoms with van der Waals surface area (Å²) in [6, 6.07) is 3.79. The van der Waals surface area contributed by atoms with Crippen LogP contribution in [0, 0.1) is 0 Å². The predicted molar refractivity (Wildman–Crippen MR) is 68.7 cm³/mol. The van der Waals surface area contributed by atoms with E-state index in [0.29, 0.717) is 37.2 Å². The first-order valence-electron chi connectivity index (χ1n) is 6.59. The van der Waals surface area contributed by atoms with Gasteiger partial charge in [-0.3, -0.25) is 4.90 Å². The van der Waals surface area contributed by atoms with Gasteiger partial charge in [0.1, 0.15) is 0 Å². The van der Waals surface area contributed by atoms with Crippen LogP contribution in [0.1, 0.15) is 12.8 Å². The number of aromatic nitrogens is 2. The molecule has 1 saturated heterocycles. The van der Waals surface area contributed by atoms with Crippen molar-refractivity contribution in [2.45, 2.75) is 25.6 Å². The van der Waals surface area contributed by atoms with Crippen LogP contribution in [0.5, 0.6) is 0 Å². The third kappa shape index (κ3) is 2.74. The lowest BCUT2D eigenvalue weighted by atomic mass is 10.2. The summed E-state index contributed by atoms with van der Waals surface area (Å²) < 4.78 is 16.3. The van der Waals surface area contributed by atoms with Gasteiger partial charge in [0.05, 0.1) is 32.1 Å². The Kier molecular flexibility index (Phi) is 3.81. The zero-order valence-corrected chi connectivity index (χ0v) is 11.2. The molecule has 1 aliphatic rings. The zero-order valence-electron chi connectivity index (χ0n) is 11.2. The normalized spacial score (nSPS) is 24.1. The lowest BCUT2D eigenvalue weighted by Gasteiger charge is -2.36. The van der Waals surface area contributed by atoms with Crippen molar-refractivity contribution < 1.29 is 18.7 Å². The summed E-state index contributed by atoms with van der Waals surface area (Å²) in [5, 5.41) is 17.2. The SMILES string of the molecule is CC1COC(CO)CN1Cc1nnc(-c2ccco2)o1. The van der Waals surface area contributed by atoms with Crippen molar-refractivity contribution in [1.82, 2.24) is 15.1 Å². The Balaban J connectivity index is 1.68. The molecule has 7 nitrogen and oxygen atoms in total. The molecule has 7 heteroatoms. The highest BCUT2D eigenvalue weighted by atomic mass is 16.5. The van der Waals surface area contributed by atoms with Gasteiger partial charge in [-0.2, -0.15) is 0 Å². The molecule has 2 unspecified atom stereocenters. The first-order chi connectivity index (χ1) is 9.76. The average Bonchev–Trinajstić information content (AvgIpc) is 3.12. The van der Waals surface area contributed by atoms with E-state index < -0.39 is 0 Å². The molecule has 108 valence electrons. The summed E-state index contributed by atoms with van der Waals surface area (Å²) >= 11 is 0. The van der Waals surface area contributed by atoms with Crippen molar-refractivity contribution >= 4 is 0 Å². The minimum Gasteiger partial charge on any atom is -0.459 e. The Morgan fingerprint density at radius 1 is 1.45 bits per heavy atom. The fraction of sp³-hybridized carbons (Fsp3) is 0.538. The first-order valence-corrected chi connectivity index (χ1v) is 6.59. The van der Waals surface area contributed by atoms with Crippen molar-refractivity contribution in [2.24, 2.45) is 0 Å². The number of furan rings is 1. The van der Waals surface area contributed by atoms with Crippen LogP contribution < -0.4 is 0 Å². The molecule has 0 aliphatic carbocycles. The molecule has 20 heavy (non-hydrogen) atoms. The number of nitrogens with zero attached hydrogens (tertiary/aromatic N) is 3. The molecule has 2 aromatic rings. The highest BCUT2D eigenvalue weighted by molar-refractivity contribution is 5.42. The van der Waals surface area contributed by atoms with Crippen LogP contribution in [0.2, 0.25) is 0 Å². The molecule has 2 aromatic heterocycles. The lowest BCUT2D eigenvalue weighted by molar-refractivity contribution is -0.0823. The molecule has 3 heterocycles. The van der Waals surface area contributed by atoms with E-state index in [9.17, 15) is 5.11 Å². The second kappa shape index (κ2) is 5.74. The maximum absolute atomic E-state index is 9.17. The van der Waals surface area contributed by atoms with E-state index in [1.54, 1.807) is 18.4 Å². The summed E-state index contributed by atoms with van der Waals surface area (Å²) in [5.41, 5.74) is 0. The Hall–Kier alpha value is -1.70. The second-order valence-corrected chi connectivity index (χ2v) is 4.89. The fourth-order valence-electron chi connectivity index (χ4n) is 2.20. The first kappa shape index (κ1) is 13.3. The number of aliphatic hydroxyl groups excluding tert-OH is 1. The van der Waals surface area contributed by atoms with E-state index in [0.717, 1.165) is 0 Å². The van der Waals surface area contributed by atoms with Crippen LogP contribution in [0.25, 0.3) is 11.7 Å². The summed E-state index contributed by atoms with van der Waals surface area (Å²) in [5.74, 6) is 1.47. The van der Waals surface area contributed by atoms with Crippen molar-refractivity contribution in [3.63, 3.8) is 0 Å². The molecular weight excluding hydrogens is 262 g/mol. The third-order valence-electron chi connectivity index (χ3n) is 3.38. The van der Waals surface area contributed by atoms with E-state index in [4.69, 9.17) is 13.6 Å². The van der Waals surface area contributed by atoms with Gasteiger partial charge in [-0.1, -0.05) is 0 Å². The van der Waals surface area contributed by atoms with E-state index in [1.807, 2.05) is 0 Å². The van der Waals surface area contributed by atoms with Gasteiger partial charge in [0.2, 0.25) is 5.89 Å². The van der Waals surface area contributed by atoms with Gasteiger partial charge in [-0.05, 0) is 19.1 Å². The smallest absolute Gasteiger partial charge is 0.283 e. The van der Waals surface area contributed by atoms with Gasteiger partial charge in [-0.15, -0.1) is 10.2 Å². The summed E-state index contributed by atoms with van der Waals surface area (Å²) in [7, 11) is 0. The van der Waals surface area contributed by atoms with Crippen LogP contribution in [-0.4, -0.2) is 52.1 Å². The number of ether oxygens (including phenoxy) is 1. The van der Waals surface area contributed by atoms with Crippen molar-refractivity contribution in [2.75, 3.05) is 19.8 Å². The van der Waals surface area contributed by atoms with E-state index in [-0.39, 0.29) is 18.8 Å². The fourth-order valence-corrected chi connectivity index (χ4v) is 2.20. The van der Waals surface area contributed by atoms with E-state index >= 15 is 0 Å². The van der Waals surface area contributed by atoms with Crippen LogP contribution >= 0.6 is 0 Å². The molecule has 0 bridgehead atoms. The molecule has 1 aliphatic heterocycles. The van der Waals surface area contributed by atoms with Crippen molar-refractivity contribution in [1.29, 1.82) is 0 Å². The molecule has 0 aromatic carbocycles. The number of aliphatic hydroxyl groups is 1. The molecule has 2 atom stereocenters. The quantitative estimate of drug-likeness (QED) is 0.890. The van der Waals surface area contributed by atoms with Gasteiger partial charge >= 0.3 is 0 Å². The number of rotatable bonds is 4. The topological polar surface area (TPSA) is 84.8 Å². The standard InChI is InChI=1S/C13H17N3O4/c1-9-8-19-10(7-17)5-16(9)6-12-14-15-13(20-12)11-3-2-4-18-11/h2-4,9-10,17H,5-8H2,1H3. The van der Waals surface area contributed by atoms with Gasteiger partial charge < -0.3 is 18.7 Å². The van der Waals surface area contributed by atoms with E-state index in [2.05, 4.69) is 22.0 Å². The van der Waals surface area contributed by atoms with Gasteiger partial charge in [0.15, 0.2) is 5.76 Å². The Morgan fingerprint density at radius 3 is 3.10 bits per heavy atom. The minimum absolute atomic E-state index is 0.0186. The number of hydrogen-bond donors (Lipinski definition) is 1. The zero-order chi connectivity index (χ0) is 13.9. The maximum atomic E-state index is 9.17. The molecule has 0 spiro atoms. The minimum atomic E-state index is -0.154. The Bertz CT molecular complexity index is 540. The predicted octanol–water partition coefficient (Wildman–Crippen LogP) is 0.911. The number of hydrogen-bond acceptors (Lipinski definition) is 7. The monoisotopic (exact) mass is 279 g/mol. The van der Waals surface area contributed by atoms with Gasteiger partial charge in [0.25, 0.3) is 5.89 Å². The molecule has 0 saturated carbocycles. The highest BCUT2D eigenvalue weighted by Crippen LogP contribution is 2.20. The second-order valence-electron chi connectivity index (χ2n) is 4.89. The van der Waals surface area contributed by atoms with Gasteiger partial charge in [-0.25, -0.2) is 0 Å². The average molecular weight is 279 g/mol. The van der Waals surface area contributed by atoms with Crippen LogP contribution in [0.4, 0.5) is 0 Å².